The number of hydrogen-bond acceptors (Lipinski definition) is 5. The summed E-state index contributed by atoms with van der Waals surface area (Å²) in [6.45, 7) is 3.79. The lowest BCUT2D eigenvalue weighted by atomic mass is 10.0. The summed E-state index contributed by atoms with van der Waals surface area (Å²) >= 11 is 0. The molecule has 0 amide bonds. The van der Waals surface area contributed by atoms with Gasteiger partial charge in [0, 0.05) is 5.39 Å². The molecular formula is C14H14O5. The van der Waals surface area contributed by atoms with Crippen molar-refractivity contribution in [3.8, 4) is 0 Å². The minimum atomic E-state index is -0.700. The van der Waals surface area contributed by atoms with Crippen molar-refractivity contribution < 1.29 is 23.5 Å². The maximum atomic E-state index is 11.8. The van der Waals surface area contributed by atoms with Crippen LogP contribution in [0.2, 0.25) is 0 Å². The summed E-state index contributed by atoms with van der Waals surface area (Å²) in [5.41, 5.74) is 2.49. The van der Waals surface area contributed by atoms with E-state index in [0.29, 0.717) is 11.0 Å². The van der Waals surface area contributed by atoms with Gasteiger partial charge in [0.15, 0.2) is 0 Å². The van der Waals surface area contributed by atoms with Gasteiger partial charge in [0.2, 0.25) is 5.76 Å². The van der Waals surface area contributed by atoms with Crippen molar-refractivity contribution in [3.05, 3.63) is 34.6 Å². The lowest BCUT2D eigenvalue weighted by molar-refractivity contribution is 0.0531. The molecule has 0 N–H and O–H groups in total. The third-order valence-corrected chi connectivity index (χ3v) is 3.14. The van der Waals surface area contributed by atoms with Crippen LogP contribution in [0.5, 0.6) is 0 Å². The van der Waals surface area contributed by atoms with E-state index in [1.807, 2.05) is 19.9 Å². The largest absolute Gasteiger partial charge is 0.465 e. The van der Waals surface area contributed by atoms with Gasteiger partial charge in [-0.25, -0.2) is 9.59 Å². The smallest absolute Gasteiger partial charge is 0.374 e. The van der Waals surface area contributed by atoms with E-state index in [1.54, 1.807) is 6.07 Å². The Balaban J connectivity index is 2.84. The van der Waals surface area contributed by atoms with E-state index in [2.05, 4.69) is 4.74 Å². The molecule has 0 bridgehead atoms. The van der Waals surface area contributed by atoms with Crippen LogP contribution in [0.4, 0.5) is 0 Å². The molecule has 2 aromatic rings. The normalized spacial score (nSPS) is 10.5. The molecule has 0 fully saturated rings. The van der Waals surface area contributed by atoms with E-state index in [-0.39, 0.29) is 11.3 Å². The Morgan fingerprint density at radius 1 is 1.05 bits per heavy atom. The van der Waals surface area contributed by atoms with Crippen LogP contribution in [0.15, 0.2) is 16.5 Å². The van der Waals surface area contributed by atoms with Gasteiger partial charge in [-0.05, 0) is 31.0 Å². The van der Waals surface area contributed by atoms with Gasteiger partial charge >= 0.3 is 11.9 Å². The molecule has 2 rings (SSSR count). The van der Waals surface area contributed by atoms with Gasteiger partial charge in [0.1, 0.15) is 11.1 Å². The van der Waals surface area contributed by atoms with E-state index in [0.717, 1.165) is 11.1 Å². The molecule has 5 nitrogen and oxygen atoms in total. The highest BCUT2D eigenvalue weighted by Gasteiger charge is 2.27. The van der Waals surface area contributed by atoms with Crippen molar-refractivity contribution in [2.75, 3.05) is 14.2 Å². The predicted octanol–water partition coefficient (Wildman–Crippen LogP) is 2.62. The zero-order chi connectivity index (χ0) is 14.2. The second kappa shape index (κ2) is 4.76. The molecule has 1 aromatic heterocycles. The van der Waals surface area contributed by atoms with Crippen LogP contribution < -0.4 is 0 Å². The van der Waals surface area contributed by atoms with Gasteiger partial charge in [-0.15, -0.1) is 0 Å². The Kier molecular flexibility index (Phi) is 3.29. The summed E-state index contributed by atoms with van der Waals surface area (Å²) < 4.78 is 14.8. The number of furan rings is 1. The maximum absolute atomic E-state index is 11.8. The Labute approximate surface area is 110 Å². The Morgan fingerprint density at radius 3 is 2.26 bits per heavy atom. The molecule has 1 aromatic carbocycles. The number of hydrogen-bond donors (Lipinski definition) is 0. The molecule has 100 valence electrons. The molecule has 0 radical (unpaired) electrons. The van der Waals surface area contributed by atoms with E-state index < -0.39 is 11.9 Å². The fraction of sp³-hybridized carbons (Fsp3) is 0.286. The van der Waals surface area contributed by atoms with Crippen molar-refractivity contribution in [3.63, 3.8) is 0 Å². The van der Waals surface area contributed by atoms with E-state index in [9.17, 15) is 9.59 Å². The first-order chi connectivity index (χ1) is 9.01. The number of methoxy groups -OCH3 is 2. The number of carbonyl (C=O) groups excluding carboxylic acids is 2. The first-order valence-corrected chi connectivity index (χ1v) is 5.70. The molecule has 0 aliphatic heterocycles. The molecule has 0 atom stereocenters. The van der Waals surface area contributed by atoms with E-state index >= 15 is 0 Å². The van der Waals surface area contributed by atoms with Crippen molar-refractivity contribution >= 4 is 22.9 Å². The molecule has 0 saturated heterocycles. The minimum Gasteiger partial charge on any atom is -0.465 e. The highest BCUT2D eigenvalue weighted by molar-refractivity contribution is 6.11. The average Bonchev–Trinajstić information content (AvgIpc) is 2.81. The van der Waals surface area contributed by atoms with Gasteiger partial charge in [-0.3, -0.25) is 0 Å². The van der Waals surface area contributed by atoms with Crippen molar-refractivity contribution in [1.29, 1.82) is 0 Å². The lowest BCUT2D eigenvalue weighted by Gasteiger charge is -2.00. The summed E-state index contributed by atoms with van der Waals surface area (Å²) in [5, 5.41) is 0.551. The number of fused-ring (bicyclic) bond motifs is 1. The fourth-order valence-electron chi connectivity index (χ4n) is 1.94. The first-order valence-electron chi connectivity index (χ1n) is 5.70. The van der Waals surface area contributed by atoms with Crippen LogP contribution in [-0.2, 0) is 9.47 Å². The molecule has 1 heterocycles. The highest BCUT2D eigenvalue weighted by Crippen LogP contribution is 2.31. The quantitative estimate of drug-likeness (QED) is 0.778. The molecule has 5 heteroatoms. The van der Waals surface area contributed by atoms with Gasteiger partial charge in [-0.2, -0.15) is 0 Å². The molecular weight excluding hydrogens is 248 g/mol. The molecule has 0 aliphatic rings. The summed E-state index contributed by atoms with van der Waals surface area (Å²) in [6.07, 6.45) is 0. The number of carbonyl (C=O) groups is 2. The van der Waals surface area contributed by atoms with Crippen LogP contribution >= 0.6 is 0 Å². The summed E-state index contributed by atoms with van der Waals surface area (Å²) in [4.78, 5) is 23.5. The van der Waals surface area contributed by atoms with Gasteiger partial charge in [0.05, 0.1) is 14.2 Å². The van der Waals surface area contributed by atoms with Crippen LogP contribution in [0, 0.1) is 13.8 Å². The second-order valence-electron chi connectivity index (χ2n) is 4.17. The standard InChI is InChI=1S/C14H14O5/c1-7-5-6-9-10(13(15)17-3)12(14(16)18-4)19-11(9)8(7)2/h5-6H,1-4H3. The molecule has 19 heavy (non-hydrogen) atoms. The lowest BCUT2D eigenvalue weighted by Crippen LogP contribution is -2.09. The zero-order valence-corrected chi connectivity index (χ0v) is 11.2. The molecule has 0 unspecified atom stereocenters. The second-order valence-corrected chi connectivity index (χ2v) is 4.17. The van der Waals surface area contributed by atoms with Gasteiger partial charge in [0.25, 0.3) is 0 Å². The summed E-state index contributed by atoms with van der Waals surface area (Å²) in [6, 6.07) is 3.60. The molecule has 0 aliphatic carbocycles. The Hall–Kier alpha value is -2.30. The number of benzene rings is 1. The number of esters is 2. The van der Waals surface area contributed by atoms with Crippen LogP contribution in [0.3, 0.4) is 0 Å². The third kappa shape index (κ3) is 1.97. The van der Waals surface area contributed by atoms with E-state index in [4.69, 9.17) is 9.15 Å². The summed E-state index contributed by atoms with van der Waals surface area (Å²) in [7, 11) is 2.48. The maximum Gasteiger partial charge on any atom is 0.374 e. The molecule has 0 spiro atoms. The van der Waals surface area contributed by atoms with Crippen LogP contribution in [0.25, 0.3) is 11.0 Å². The number of ether oxygens (including phenoxy) is 2. The molecule has 0 saturated carbocycles. The third-order valence-electron chi connectivity index (χ3n) is 3.14. The van der Waals surface area contributed by atoms with Crippen molar-refractivity contribution in [2.24, 2.45) is 0 Å². The Morgan fingerprint density at radius 2 is 1.68 bits per heavy atom. The SMILES string of the molecule is COC(=O)c1oc2c(C)c(C)ccc2c1C(=O)OC. The van der Waals surface area contributed by atoms with Crippen molar-refractivity contribution in [2.45, 2.75) is 13.8 Å². The first kappa shape index (κ1) is 13.1. The Bertz CT molecular complexity index is 666. The van der Waals surface area contributed by atoms with Gasteiger partial charge < -0.3 is 13.9 Å². The zero-order valence-electron chi connectivity index (χ0n) is 11.2. The van der Waals surface area contributed by atoms with E-state index in [1.165, 1.54) is 14.2 Å². The fourth-order valence-corrected chi connectivity index (χ4v) is 1.94. The summed E-state index contributed by atoms with van der Waals surface area (Å²) in [5.74, 6) is -1.45. The average molecular weight is 262 g/mol. The number of rotatable bonds is 2. The van der Waals surface area contributed by atoms with Crippen LogP contribution in [0.1, 0.15) is 32.0 Å². The van der Waals surface area contributed by atoms with Crippen molar-refractivity contribution in [1.82, 2.24) is 0 Å². The van der Waals surface area contributed by atoms with Gasteiger partial charge in [-0.1, -0.05) is 6.07 Å². The number of aryl methyl sites for hydroxylation is 2. The monoisotopic (exact) mass is 262 g/mol. The predicted molar refractivity (Wildman–Crippen MR) is 68.4 cm³/mol. The topological polar surface area (TPSA) is 65.7 Å². The highest BCUT2D eigenvalue weighted by atomic mass is 16.5. The van der Waals surface area contributed by atoms with Crippen LogP contribution in [-0.4, -0.2) is 26.2 Å². The minimum absolute atomic E-state index is 0.104.